The zero-order valence-corrected chi connectivity index (χ0v) is 12.7. The fourth-order valence-electron chi connectivity index (χ4n) is 3.09. The molecular formula is C18H24N2O. The van der Waals surface area contributed by atoms with Crippen molar-refractivity contribution in [3.8, 4) is 5.75 Å². The van der Waals surface area contributed by atoms with Gasteiger partial charge in [0.15, 0.2) is 0 Å². The SMILES string of the molecule is CCN(CCOc1ccc2ccccc2c1)C1CCNC1. The van der Waals surface area contributed by atoms with Gasteiger partial charge in [-0.15, -0.1) is 0 Å². The fourth-order valence-corrected chi connectivity index (χ4v) is 3.09. The highest BCUT2D eigenvalue weighted by Crippen LogP contribution is 2.20. The van der Waals surface area contributed by atoms with Crippen LogP contribution in [0.25, 0.3) is 10.8 Å². The van der Waals surface area contributed by atoms with Gasteiger partial charge in [-0.1, -0.05) is 37.3 Å². The molecule has 1 unspecified atom stereocenters. The summed E-state index contributed by atoms with van der Waals surface area (Å²) in [6, 6.07) is 15.4. The van der Waals surface area contributed by atoms with Gasteiger partial charge in [-0.2, -0.15) is 0 Å². The Hall–Kier alpha value is -1.58. The molecule has 1 aliphatic heterocycles. The van der Waals surface area contributed by atoms with Crippen molar-refractivity contribution in [2.75, 3.05) is 32.8 Å². The molecule has 0 saturated carbocycles. The van der Waals surface area contributed by atoms with Crippen molar-refractivity contribution >= 4 is 10.8 Å². The molecule has 2 aromatic carbocycles. The lowest BCUT2D eigenvalue weighted by Gasteiger charge is -2.26. The Morgan fingerprint density at radius 3 is 2.81 bits per heavy atom. The maximum Gasteiger partial charge on any atom is 0.120 e. The molecule has 0 radical (unpaired) electrons. The van der Waals surface area contributed by atoms with Crippen LogP contribution < -0.4 is 10.1 Å². The largest absolute Gasteiger partial charge is 0.492 e. The highest BCUT2D eigenvalue weighted by molar-refractivity contribution is 5.83. The Kier molecular flexibility index (Phi) is 4.73. The second-order valence-electron chi connectivity index (χ2n) is 5.63. The van der Waals surface area contributed by atoms with Crippen molar-refractivity contribution in [3.05, 3.63) is 42.5 Å². The number of hydrogen-bond acceptors (Lipinski definition) is 3. The molecular weight excluding hydrogens is 260 g/mol. The summed E-state index contributed by atoms with van der Waals surface area (Å²) in [7, 11) is 0. The molecule has 2 aromatic rings. The summed E-state index contributed by atoms with van der Waals surface area (Å²) in [4.78, 5) is 2.51. The van der Waals surface area contributed by atoms with E-state index in [1.807, 2.05) is 0 Å². The molecule has 1 saturated heterocycles. The second-order valence-corrected chi connectivity index (χ2v) is 5.63. The summed E-state index contributed by atoms with van der Waals surface area (Å²) in [6.07, 6.45) is 1.25. The first-order valence-corrected chi connectivity index (χ1v) is 7.93. The first-order chi connectivity index (χ1) is 10.4. The summed E-state index contributed by atoms with van der Waals surface area (Å²) in [5.41, 5.74) is 0. The van der Waals surface area contributed by atoms with Gasteiger partial charge in [-0.05, 0) is 42.4 Å². The summed E-state index contributed by atoms with van der Waals surface area (Å²) in [6.45, 7) is 7.33. The van der Waals surface area contributed by atoms with E-state index in [2.05, 4.69) is 59.6 Å². The molecule has 1 fully saturated rings. The molecule has 1 N–H and O–H groups in total. The van der Waals surface area contributed by atoms with E-state index in [9.17, 15) is 0 Å². The second kappa shape index (κ2) is 6.92. The van der Waals surface area contributed by atoms with Gasteiger partial charge < -0.3 is 10.1 Å². The summed E-state index contributed by atoms with van der Waals surface area (Å²) >= 11 is 0. The van der Waals surface area contributed by atoms with E-state index in [-0.39, 0.29) is 0 Å². The highest BCUT2D eigenvalue weighted by Gasteiger charge is 2.20. The van der Waals surface area contributed by atoms with E-state index in [0.717, 1.165) is 38.5 Å². The first kappa shape index (κ1) is 14.4. The van der Waals surface area contributed by atoms with Crippen molar-refractivity contribution in [1.29, 1.82) is 0 Å². The van der Waals surface area contributed by atoms with Gasteiger partial charge in [0.2, 0.25) is 0 Å². The molecule has 112 valence electrons. The van der Waals surface area contributed by atoms with E-state index in [1.165, 1.54) is 17.2 Å². The Morgan fingerprint density at radius 1 is 1.19 bits per heavy atom. The quantitative estimate of drug-likeness (QED) is 0.882. The standard InChI is InChI=1S/C18H24N2O/c1-2-20(17-9-10-19-14-17)11-12-21-18-8-7-15-5-3-4-6-16(15)13-18/h3-8,13,17,19H,2,9-12,14H2,1H3. The molecule has 1 atom stereocenters. The van der Waals surface area contributed by atoms with Crippen LogP contribution in [0.5, 0.6) is 5.75 Å². The van der Waals surface area contributed by atoms with Gasteiger partial charge >= 0.3 is 0 Å². The predicted molar refractivity (Wildman–Crippen MR) is 88.0 cm³/mol. The Balaban J connectivity index is 1.55. The van der Waals surface area contributed by atoms with Crippen LogP contribution in [0.4, 0.5) is 0 Å². The van der Waals surface area contributed by atoms with Crippen molar-refractivity contribution in [3.63, 3.8) is 0 Å². The average molecular weight is 284 g/mol. The van der Waals surface area contributed by atoms with Crippen LogP contribution in [-0.2, 0) is 0 Å². The van der Waals surface area contributed by atoms with E-state index in [4.69, 9.17) is 4.74 Å². The highest BCUT2D eigenvalue weighted by atomic mass is 16.5. The third-order valence-corrected chi connectivity index (χ3v) is 4.33. The van der Waals surface area contributed by atoms with Gasteiger partial charge in [0.05, 0.1) is 0 Å². The van der Waals surface area contributed by atoms with Crippen LogP contribution in [0.1, 0.15) is 13.3 Å². The van der Waals surface area contributed by atoms with Gasteiger partial charge in [-0.3, -0.25) is 4.90 Å². The normalized spacial score (nSPS) is 18.5. The van der Waals surface area contributed by atoms with Crippen molar-refractivity contribution in [1.82, 2.24) is 10.2 Å². The monoisotopic (exact) mass is 284 g/mol. The Labute approximate surface area is 126 Å². The van der Waals surface area contributed by atoms with Gasteiger partial charge in [0, 0.05) is 19.1 Å². The molecule has 0 aromatic heterocycles. The minimum Gasteiger partial charge on any atom is -0.492 e. The molecule has 1 aliphatic rings. The van der Waals surface area contributed by atoms with Crippen molar-refractivity contribution in [2.24, 2.45) is 0 Å². The molecule has 1 heterocycles. The molecule has 0 spiro atoms. The molecule has 3 heteroatoms. The average Bonchev–Trinajstić information content (AvgIpc) is 3.05. The number of rotatable bonds is 6. The number of benzene rings is 2. The third-order valence-electron chi connectivity index (χ3n) is 4.33. The summed E-state index contributed by atoms with van der Waals surface area (Å²) in [5, 5.41) is 5.93. The predicted octanol–water partition coefficient (Wildman–Crippen LogP) is 2.90. The Bertz CT molecular complexity index is 578. The van der Waals surface area contributed by atoms with E-state index in [0.29, 0.717) is 6.04 Å². The van der Waals surface area contributed by atoms with E-state index in [1.54, 1.807) is 0 Å². The molecule has 0 bridgehead atoms. The van der Waals surface area contributed by atoms with Gasteiger partial charge in [0.1, 0.15) is 12.4 Å². The van der Waals surface area contributed by atoms with Gasteiger partial charge in [-0.25, -0.2) is 0 Å². The third kappa shape index (κ3) is 3.55. The van der Waals surface area contributed by atoms with Crippen molar-refractivity contribution in [2.45, 2.75) is 19.4 Å². The molecule has 0 amide bonds. The molecule has 3 nitrogen and oxygen atoms in total. The van der Waals surface area contributed by atoms with E-state index < -0.39 is 0 Å². The van der Waals surface area contributed by atoms with Crippen LogP contribution in [0.15, 0.2) is 42.5 Å². The summed E-state index contributed by atoms with van der Waals surface area (Å²) < 4.78 is 5.94. The lowest BCUT2D eigenvalue weighted by Crippen LogP contribution is -2.39. The Morgan fingerprint density at radius 2 is 2.05 bits per heavy atom. The number of hydrogen-bond donors (Lipinski definition) is 1. The zero-order valence-electron chi connectivity index (χ0n) is 12.7. The smallest absolute Gasteiger partial charge is 0.120 e. The number of nitrogens with one attached hydrogen (secondary N) is 1. The number of likely N-dealkylation sites (N-methyl/N-ethyl adjacent to an activating group) is 1. The minimum absolute atomic E-state index is 0.676. The molecule has 0 aliphatic carbocycles. The lowest BCUT2D eigenvalue weighted by atomic mass is 10.1. The van der Waals surface area contributed by atoms with Gasteiger partial charge in [0.25, 0.3) is 0 Å². The zero-order chi connectivity index (χ0) is 14.5. The maximum atomic E-state index is 5.94. The lowest BCUT2D eigenvalue weighted by molar-refractivity contribution is 0.174. The van der Waals surface area contributed by atoms with Crippen LogP contribution in [0.2, 0.25) is 0 Å². The van der Waals surface area contributed by atoms with Crippen LogP contribution in [-0.4, -0.2) is 43.7 Å². The fraction of sp³-hybridized carbons (Fsp3) is 0.444. The number of ether oxygens (including phenoxy) is 1. The topological polar surface area (TPSA) is 24.5 Å². The first-order valence-electron chi connectivity index (χ1n) is 7.93. The molecule has 21 heavy (non-hydrogen) atoms. The van der Waals surface area contributed by atoms with Crippen LogP contribution in [0, 0.1) is 0 Å². The van der Waals surface area contributed by atoms with Crippen LogP contribution in [0.3, 0.4) is 0 Å². The maximum absolute atomic E-state index is 5.94. The summed E-state index contributed by atoms with van der Waals surface area (Å²) in [5.74, 6) is 0.967. The number of fused-ring (bicyclic) bond motifs is 1. The minimum atomic E-state index is 0.676. The molecule has 3 rings (SSSR count). The van der Waals surface area contributed by atoms with Crippen LogP contribution >= 0.6 is 0 Å². The van der Waals surface area contributed by atoms with Crippen molar-refractivity contribution < 1.29 is 4.74 Å². The number of nitrogens with zero attached hydrogens (tertiary/aromatic N) is 1. The van der Waals surface area contributed by atoms with E-state index >= 15 is 0 Å².